The summed E-state index contributed by atoms with van der Waals surface area (Å²) < 4.78 is 5.40. The highest BCUT2D eigenvalue weighted by atomic mass is 16.5. The van der Waals surface area contributed by atoms with Crippen LogP contribution >= 0.6 is 0 Å². The third-order valence-electron chi connectivity index (χ3n) is 3.76. The summed E-state index contributed by atoms with van der Waals surface area (Å²) in [5.74, 6) is -0.257. The van der Waals surface area contributed by atoms with Crippen molar-refractivity contribution in [3.8, 4) is 5.75 Å². The zero-order chi connectivity index (χ0) is 18.5. The molecule has 1 aromatic heterocycles. The van der Waals surface area contributed by atoms with Gasteiger partial charge in [0.2, 0.25) is 0 Å². The number of amides is 2. The van der Waals surface area contributed by atoms with Crippen LogP contribution in [-0.2, 0) is 4.79 Å². The Morgan fingerprint density at radius 3 is 2.62 bits per heavy atom. The van der Waals surface area contributed by atoms with Crippen LogP contribution in [0.25, 0.3) is 10.9 Å². The molecule has 0 spiro atoms. The van der Waals surface area contributed by atoms with E-state index in [0.717, 1.165) is 22.2 Å². The fourth-order valence-electron chi connectivity index (χ4n) is 2.58. The number of aromatic nitrogens is 1. The van der Waals surface area contributed by atoms with E-state index in [2.05, 4.69) is 15.8 Å². The highest BCUT2D eigenvalue weighted by molar-refractivity contribution is 6.06. The second-order valence-electron chi connectivity index (χ2n) is 5.94. The summed E-state index contributed by atoms with van der Waals surface area (Å²) in [7, 11) is 0. The molecule has 0 atom stereocenters. The van der Waals surface area contributed by atoms with E-state index in [0.29, 0.717) is 11.3 Å². The van der Waals surface area contributed by atoms with E-state index in [1.54, 1.807) is 12.1 Å². The Morgan fingerprint density at radius 1 is 1.00 bits per heavy atom. The topological polar surface area (TPSA) is 80.3 Å². The van der Waals surface area contributed by atoms with Gasteiger partial charge in [-0.2, -0.15) is 0 Å². The summed E-state index contributed by atoms with van der Waals surface area (Å²) in [5, 5.41) is 0.723. The van der Waals surface area contributed by atoms with E-state index in [1.165, 1.54) is 0 Å². The van der Waals surface area contributed by atoms with Gasteiger partial charge in [0.05, 0.1) is 11.1 Å². The van der Waals surface area contributed by atoms with Crippen molar-refractivity contribution in [1.29, 1.82) is 0 Å². The van der Waals surface area contributed by atoms with Crippen LogP contribution in [0.5, 0.6) is 5.75 Å². The molecule has 3 aromatic rings. The number of hydrazine groups is 1. The van der Waals surface area contributed by atoms with E-state index in [9.17, 15) is 9.59 Å². The Hall–Kier alpha value is -3.41. The number of carbonyl (C=O) groups is 2. The van der Waals surface area contributed by atoms with Crippen molar-refractivity contribution in [3.05, 3.63) is 71.4 Å². The maximum absolute atomic E-state index is 12.4. The predicted molar refractivity (Wildman–Crippen MR) is 98.8 cm³/mol. The van der Waals surface area contributed by atoms with Gasteiger partial charge in [-0.05, 0) is 43.7 Å². The van der Waals surface area contributed by atoms with Gasteiger partial charge in [0, 0.05) is 11.1 Å². The van der Waals surface area contributed by atoms with E-state index in [4.69, 9.17) is 4.74 Å². The van der Waals surface area contributed by atoms with Crippen molar-refractivity contribution in [2.45, 2.75) is 13.8 Å². The minimum Gasteiger partial charge on any atom is -0.484 e. The van der Waals surface area contributed by atoms with Crippen molar-refractivity contribution in [2.24, 2.45) is 0 Å². The minimum atomic E-state index is -0.449. The number of aryl methyl sites for hydroxylation is 2. The lowest BCUT2D eigenvalue weighted by Crippen LogP contribution is -2.43. The molecule has 2 N–H and O–H groups in total. The second-order valence-corrected chi connectivity index (χ2v) is 5.94. The molecule has 0 aliphatic carbocycles. The zero-order valence-electron chi connectivity index (χ0n) is 14.6. The number of nitrogens with zero attached hydrogens (tertiary/aromatic N) is 1. The van der Waals surface area contributed by atoms with Gasteiger partial charge in [-0.15, -0.1) is 0 Å². The van der Waals surface area contributed by atoms with Crippen LogP contribution < -0.4 is 15.6 Å². The summed E-state index contributed by atoms with van der Waals surface area (Å²) in [4.78, 5) is 28.7. The number of ether oxygens (including phenoxy) is 1. The van der Waals surface area contributed by atoms with Crippen LogP contribution in [0.1, 0.15) is 21.6 Å². The molecule has 0 bridgehead atoms. The monoisotopic (exact) mass is 349 g/mol. The average molecular weight is 349 g/mol. The van der Waals surface area contributed by atoms with Gasteiger partial charge < -0.3 is 4.74 Å². The van der Waals surface area contributed by atoms with Gasteiger partial charge in [-0.25, -0.2) is 0 Å². The van der Waals surface area contributed by atoms with Crippen molar-refractivity contribution in [3.63, 3.8) is 0 Å². The standard InChI is InChI=1S/C20H19N3O3/c1-13-6-5-7-15(10-13)26-12-19(24)22-23-20(25)17-11-14(2)21-18-9-4-3-8-16(17)18/h3-11H,12H2,1-2H3,(H,22,24)(H,23,25). The molecule has 2 aromatic carbocycles. The molecule has 0 aliphatic rings. The predicted octanol–water partition coefficient (Wildman–Crippen LogP) is 2.69. The van der Waals surface area contributed by atoms with Gasteiger partial charge in [0.15, 0.2) is 6.61 Å². The first-order valence-electron chi connectivity index (χ1n) is 8.18. The SMILES string of the molecule is Cc1cccc(OCC(=O)NNC(=O)c2cc(C)nc3ccccc23)c1. The largest absolute Gasteiger partial charge is 0.484 e. The minimum absolute atomic E-state index is 0.195. The molecular weight excluding hydrogens is 330 g/mol. The number of hydrogen-bond donors (Lipinski definition) is 2. The Bertz CT molecular complexity index is 969. The van der Waals surface area contributed by atoms with Crippen molar-refractivity contribution in [2.75, 3.05) is 6.61 Å². The van der Waals surface area contributed by atoms with Crippen molar-refractivity contribution < 1.29 is 14.3 Å². The average Bonchev–Trinajstić information content (AvgIpc) is 2.63. The Labute approximate surface area is 151 Å². The fraction of sp³-hybridized carbons (Fsp3) is 0.150. The molecule has 132 valence electrons. The number of nitrogens with one attached hydrogen (secondary N) is 2. The molecule has 2 amide bonds. The lowest BCUT2D eigenvalue weighted by atomic mass is 10.1. The fourth-order valence-corrected chi connectivity index (χ4v) is 2.58. The van der Waals surface area contributed by atoms with Gasteiger partial charge in [-0.3, -0.25) is 25.4 Å². The van der Waals surface area contributed by atoms with Crippen molar-refractivity contribution in [1.82, 2.24) is 15.8 Å². The third kappa shape index (κ3) is 4.16. The van der Waals surface area contributed by atoms with E-state index in [1.807, 2.05) is 56.3 Å². The lowest BCUT2D eigenvalue weighted by molar-refractivity contribution is -0.123. The molecule has 6 nitrogen and oxygen atoms in total. The number of pyridine rings is 1. The maximum Gasteiger partial charge on any atom is 0.276 e. The summed E-state index contributed by atoms with van der Waals surface area (Å²) in [6.07, 6.45) is 0. The molecule has 0 radical (unpaired) electrons. The van der Waals surface area contributed by atoms with Gasteiger partial charge >= 0.3 is 0 Å². The van der Waals surface area contributed by atoms with Crippen LogP contribution in [0, 0.1) is 13.8 Å². The highest BCUT2D eigenvalue weighted by Crippen LogP contribution is 2.18. The second kappa shape index (κ2) is 7.65. The number of carbonyl (C=O) groups excluding carboxylic acids is 2. The molecule has 26 heavy (non-hydrogen) atoms. The number of benzene rings is 2. The smallest absolute Gasteiger partial charge is 0.276 e. The van der Waals surface area contributed by atoms with Crippen LogP contribution in [-0.4, -0.2) is 23.4 Å². The van der Waals surface area contributed by atoms with E-state index >= 15 is 0 Å². The molecule has 0 saturated carbocycles. The first-order valence-corrected chi connectivity index (χ1v) is 8.18. The van der Waals surface area contributed by atoms with Crippen LogP contribution in [0.2, 0.25) is 0 Å². The molecule has 0 unspecified atom stereocenters. The van der Waals surface area contributed by atoms with Crippen LogP contribution in [0.15, 0.2) is 54.6 Å². The van der Waals surface area contributed by atoms with E-state index in [-0.39, 0.29) is 6.61 Å². The molecular formula is C20H19N3O3. The van der Waals surface area contributed by atoms with Gasteiger partial charge in [-0.1, -0.05) is 30.3 Å². The van der Waals surface area contributed by atoms with Crippen LogP contribution in [0.4, 0.5) is 0 Å². The molecule has 0 saturated heterocycles. The van der Waals surface area contributed by atoms with Crippen molar-refractivity contribution >= 4 is 22.7 Å². The molecule has 1 heterocycles. The van der Waals surface area contributed by atoms with E-state index < -0.39 is 11.8 Å². The maximum atomic E-state index is 12.4. The summed E-state index contributed by atoms with van der Waals surface area (Å²) >= 11 is 0. The first-order chi connectivity index (χ1) is 12.5. The van der Waals surface area contributed by atoms with Gasteiger partial charge in [0.1, 0.15) is 5.75 Å². The highest BCUT2D eigenvalue weighted by Gasteiger charge is 2.13. The summed E-state index contributed by atoms with van der Waals surface area (Å²) in [6.45, 7) is 3.56. The Kier molecular flexibility index (Phi) is 5.12. The molecule has 0 fully saturated rings. The first kappa shape index (κ1) is 17.4. The Morgan fingerprint density at radius 2 is 1.81 bits per heavy atom. The third-order valence-corrected chi connectivity index (χ3v) is 3.76. The normalized spacial score (nSPS) is 10.4. The number of fused-ring (bicyclic) bond motifs is 1. The summed E-state index contributed by atoms with van der Waals surface area (Å²) in [5.41, 5.74) is 7.73. The number of rotatable bonds is 4. The Balaban J connectivity index is 1.61. The molecule has 6 heteroatoms. The number of para-hydroxylation sites is 1. The van der Waals surface area contributed by atoms with Crippen LogP contribution in [0.3, 0.4) is 0 Å². The number of hydrogen-bond acceptors (Lipinski definition) is 4. The quantitative estimate of drug-likeness (QED) is 0.710. The zero-order valence-corrected chi connectivity index (χ0v) is 14.6. The molecule has 3 rings (SSSR count). The van der Waals surface area contributed by atoms with Gasteiger partial charge in [0.25, 0.3) is 11.8 Å². The molecule has 0 aliphatic heterocycles. The lowest BCUT2D eigenvalue weighted by Gasteiger charge is -2.11. The summed E-state index contributed by atoms with van der Waals surface area (Å²) in [6, 6.07) is 16.4.